The number of carbonyl (C=O) groups excluding carboxylic acids is 1. The summed E-state index contributed by atoms with van der Waals surface area (Å²) in [5, 5.41) is 17.8. The number of aliphatic hydroxyl groups is 2. The van der Waals surface area contributed by atoms with E-state index in [4.69, 9.17) is 14.9 Å². The third-order valence-corrected chi connectivity index (χ3v) is 2.14. The molecular formula is C7H14O4S3. The van der Waals surface area contributed by atoms with Gasteiger partial charge < -0.3 is 14.9 Å². The quantitative estimate of drug-likeness (QED) is 0.273. The van der Waals surface area contributed by atoms with Gasteiger partial charge in [0.25, 0.3) is 0 Å². The van der Waals surface area contributed by atoms with Crippen LogP contribution >= 0.6 is 37.9 Å². The molecule has 0 fully saturated rings. The number of hydrogen-bond acceptors (Lipinski definition) is 7. The van der Waals surface area contributed by atoms with Gasteiger partial charge in [-0.15, -0.1) is 37.9 Å². The van der Waals surface area contributed by atoms with Crippen LogP contribution in [-0.2, 0) is 9.53 Å². The molecule has 0 aliphatic rings. The van der Waals surface area contributed by atoms with Gasteiger partial charge in [-0.25, -0.2) is 4.79 Å². The molecule has 0 spiro atoms. The van der Waals surface area contributed by atoms with Crippen molar-refractivity contribution in [2.75, 3.05) is 19.8 Å². The minimum absolute atomic E-state index is 0.109. The van der Waals surface area contributed by atoms with Gasteiger partial charge in [0.15, 0.2) is 3.41 Å². The second kappa shape index (κ2) is 5.50. The summed E-state index contributed by atoms with van der Waals surface area (Å²) in [6.07, 6.45) is 0. The van der Waals surface area contributed by atoms with E-state index in [2.05, 4.69) is 37.9 Å². The van der Waals surface area contributed by atoms with E-state index in [0.29, 0.717) is 0 Å². The lowest BCUT2D eigenvalue weighted by atomic mass is 9.95. The van der Waals surface area contributed by atoms with Gasteiger partial charge in [0, 0.05) is 5.41 Å². The Morgan fingerprint density at radius 2 is 1.71 bits per heavy atom. The van der Waals surface area contributed by atoms with Crippen LogP contribution in [0.3, 0.4) is 0 Å². The Labute approximate surface area is 99.3 Å². The molecule has 2 N–H and O–H groups in total. The summed E-state index contributed by atoms with van der Waals surface area (Å²) in [5.41, 5.74) is -0.851. The Bertz CT molecular complexity index is 198. The van der Waals surface area contributed by atoms with Crippen molar-refractivity contribution in [2.24, 2.45) is 5.41 Å². The first-order chi connectivity index (χ1) is 6.25. The van der Waals surface area contributed by atoms with E-state index in [-0.39, 0.29) is 19.8 Å². The van der Waals surface area contributed by atoms with Crippen LogP contribution in [0.5, 0.6) is 0 Å². The zero-order chi connectivity index (χ0) is 11.4. The molecule has 14 heavy (non-hydrogen) atoms. The summed E-state index contributed by atoms with van der Waals surface area (Å²) in [4.78, 5) is 11.1. The van der Waals surface area contributed by atoms with E-state index in [9.17, 15) is 4.79 Å². The van der Waals surface area contributed by atoms with Gasteiger partial charge in [0.2, 0.25) is 0 Å². The SMILES string of the molecule is CC(CO)(CO)COC(=O)C(S)(S)S. The lowest BCUT2D eigenvalue weighted by Gasteiger charge is -2.25. The highest BCUT2D eigenvalue weighted by Crippen LogP contribution is 2.26. The average Bonchev–Trinajstić information content (AvgIpc) is 2.12. The van der Waals surface area contributed by atoms with Crippen LogP contribution in [0.2, 0.25) is 0 Å². The molecule has 0 amide bonds. The maximum absolute atomic E-state index is 11.1. The lowest BCUT2D eigenvalue weighted by molar-refractivity contribution is -0.147. The minimum atomic E-state index is -1.47. The number of esters is 1. The van der Waals surface area contributed by atoms with Crippen molar-refractivity contribution in [2.45, 2.75) is 10.3 Å². The normalized spacial score (nSPS) is 12.7. The smallest absolute Gasteiger partial charge is 0.342 e. The lowest BCUT2D eigenvalue weighted by Crippen LogP contribution is -2.35. The van der Waals surface area contributed by atoms with Crippen molar-refractivity contribution >= 4 is 43.9 Å². The van der Waals surface area contributed by atoms with Crippen LogP contribution < -0.4 is 0 Å². The monoisotopic (exact) mass is 258 g/mol. The van der Waals surface area contributed by atoms with Crippen LogP contribution in [0.4, 0.5) is 0 Å². The van der Waals surface area contributed by atoms with Crippen LogP contribution in [0.25, 0.3) is 0 Å². The molecule has 0 aliphatic carbocycles. The van der Waals surface area contributed by atoms with Crippen LogP contribution in [0.15, 0.2) is 0 Å². The topological polar surface area (TPSA) is 66.8 Å². The molecule has 0 heterocycles. The molecular weight excluding hydrogens is 244 g/mol. The number of ether oxygens (including phenoxy) is 1. The average molecular weight is 258 g/mol. The molecule has 0 rings (SSSR count). The Hall–Kier alpha value is 0.440. The molecule has 0 bridgehead atoms. The molecule has 84 valence electrons. The fourth-order valence-corrected chi connectivity index (χ4v) is 0.672. The van der Waals surface area contributed by atoms with Gasteiger partial charge in [-0.3, -0.25) is 0 Å². The van der Waals surface area contributed by atoms with Crippen LogP contribution in [0, 0.1) is 5.41 Å². The first kappa shape index (κ1) is 14.4. The largest absolute Gasteiger partial charge is 0.463 e. The van der Waals surface area contributed by atoms with E-state index in [1.807, 2.05) is 0 Å². The van der Waals surface area contributed by atoms with E-state index >= 15 is 0 Å². The fraction of sp³-hybridized carbons (Fsp3) is 0.857. The Morgan fingerprint density at radius 3 is 2.00 bits per heavy atom. The molecule has 0 atom stereocenters. The van der Waals surface area contributed by atoms with Gasteiger partial charge in [-0.2, -0.15) is 0 Å². The Morgan fingerprint density at radius 1 is 1.29 bits per heavy atom. The zero-order valence-corrected chi connectivity index (χ0v) is 10.4. The van der Waals surface area contributed by atoms with Crippen LogP contribution in [-0.4, -0.2) is 39.4 Å². The summed E-state index contributed by atoms with van der Waals surface area (Å²) in [5.74, 6) is -0.736. The molecule has 0 saturated carbocycles. The summed E-state index contributed by atoms with van der Waals surface area (Å²) in [6.45, 7) is 0.908. The second-order valence-electron chi connectivity index (χ2n) is 3.34. The van der Waals surface area contributed by atoms with Crippen molar-refractivity contribution in [1.29, 1.82) is 0 Å². The number of carbonyl (C=O) groups is 1. The summed E-state index contributed by atoms with van der Waals surface area (Å²) >= 11 is 11.3. The summed E-state index contributed by atoms with van der Waals surface area (Å²) in [6, 6.07) is 0. The van der Waals surface area contributed by atoms with E-state index in [0.717, 1.165) is 0 Å². The molecule has 0 saturated heterocycles. The predicted molar refractivity (Wildman–Crippen MR) is 62.9 cm³/mol. The maximum atomic E-state index is 11.1. The molecule has 0 aromatic heterocycles. The maximum Gasteiger partial charge on any atom is 0.342 e. The van der Waals surface area contributed by atoms with Crippen molar-refractivity contribution in [3.8, 4) is 0 Å². The van der Waals surface area contributed by atoms with Crippen molar-refractivity contribution < 1.29 is 19.7 Å². The molecule has 0 unspecified atom stereocenters. The third-order valence-electron chi connectivity index (χ3n) is 1.59. The number of aliphatic hydroxyl groups excluding tert-OH is 2. The predicted octanol–water partition coefficient (Wildman–Crippen LogP) is -0.0363. The summed E-state index contributed by atoms with van der Waals surface area (Å²) < 4.78 is 3.30. The third kappa shape index (κ3) is 4.79. The first-order valence-electron chi connectivity index (χ1n) is 3.81. The van der Waals surface area contributed by atoms with E-state index in [1.54, 1.807) is 6.92 Å². The molecule has 0 radical (unpaired) electrons. The van der Waals surface area contributed by atoms with Gasteiger partial charge in [-0.1, -0.05) is 6.92 Å². The Kier molecular flexibility index (Phi) is 5.68. The highest BCUT2D eigenvalue weighted by molar-refractivity contribution is 8.18. The van der Waals surface area contributed by atoms with Crippen molar-refractivity contribution in [3.63, 3.8) is 0 Å². The zero-order valence-electron chi connectivity index (χ0n) is 7.67. The highest BCUT2D eigenvalue weighted by Gasteiger charge is 2.31. The van der Waals surface area contributed by atoms with Crippen molar-refractivity contribution in [1.82, 2.24) is 0 Å². The molecule has 0 aromatic rings. The molecule has 7 heteroatoms. The highest BCUT2D eigenvalue weighted by atomic mass is 32.2. The number of hydrogen-bond donors (Lipinski definition) is 5. The number of thiol groups is 3. The van der Waals surface area contributed by atoms with Gasteiger partial charge >= 0.3 is 5.97 Å². The Balaban J connectivity index is 4.12. The molecule has 4 nitrogen and oxygen atoms in total. The fourth-order valence-electron chi connectivity index (χ4n) is 0.478. The van der Waals surface area contributed by atoms with Gasteiger partial charge in [0.05, 0.1) is 13.2 Å². The van der Waals surface area contributed by atoms with Gasteiger partial charge in [0.1, 0.15) is 6.61 Å². The molecule has 0 aromatic carbocycles. The van der Waals surface area contributed by atoms with Gasteiger partial charge in [-0.05, 0) is 0 Å². The summed E-state index contributed by atoms with van der Waals surface area (Å²) in [7, 11) is 0. The standard InChI is InChI=1S/C7H14O4S3/c1-6(2-8,3-9)4-11-5(10)7(12,13)14/h8-9,12-14H,2-4H2,1H3. The van der Waals surface area contributed by atoms with E-state index in [1.165, 1.54) is 0 Å². The van der Waals surface area contributed by atoms with Crippen LogP contribution in [0.1, 0.15) is 6.92 Å². The van der Waals surface area contributed by atoms with Crippen molar-refractivity contribution in [3.05, 3.63) is 0 Å². The number of rotatable bonds is 5. The molecule has 0 aliphatic heterocycles. The minimum Gasteiger partial charge on any atom is -0.463 e. The first-order valence-corrected chi connectivity index (χ1v) is 5.15. The van der Waals surface area contributed by atoms with E-state index < -0.39 is 14.8 Å². The second-order valence-corrected chi connectivity index (χ2v) is 6.41.